The van der Waals surface area contributed by atoms with Gasteiger partial charge in [-0.15, -0.1) is 0 Å². The maximum Gasteiger partial charge on any atom is 0.246 e. The lowest BCUT2D eigenvalue weighted by Crippen LogP contribution is -2.35. The van der Waals surface area contributed by atoms with Crippen molar-refractivity contribution in [2.24, 2.45) is 0 Å². The van der Waals surface area contributed by atoms with Crippen LogP contribution in [0.4, 0.5) is 0 Å². The summed E-state index contributed by atoms with van der Waals surface area (Å²) < 4.78 is 27.5. The van der Waals surface area contributed by atoms with E-state index in [1.54, 1.807) is 40.7 Å². The third kappa shape index (κ3) is 7.52. The third-order valence-electron chi connectivity index (χ3n) is 5.85. The standard InChI is InChI=1S/C26H35N3O3S/c1-27(2)20-21-28(22-24-10-6-5-7-11-24)26(30)17-14-23-12-15-25(16-13-23)33(31,32)29-18-8-3-4-9-19-29/h5-7,10-17H,3-4,8-9,18-22H2,1-2H3/b17-14+. The zero-order valence-electron chi connectivity index (χ0n) is 19.7. The average Bonchev–Trinajstić information content (AvgIpc) is 3.11. The monoisotopic (exact) mass is 469 g/mol. The molecule has 0 radical (unpaired) electrons. The van der Waals surface area contributed by atoms with Crippen LogP contribution in [-0.2, 0) is 21.4 Å². The largest absolute Gasteiger partial charge is 0.334 e. The van der Waals surface area contributed by atoms with Gasteiger partial charge in [-0.1, -0.05) is 55.3 Å². The first kappa shape index (κ1) is 25.1. The minimum absolute atomic E-state index is 0.0676. The zero-order chi connectivity index (χ0) is 23.7. The fourth-order valence-corrected chi connectivity index (χ4v) is 5.36. The van der Waals surface area contributed by atoms with E-state index < -0.39 is 10.0 Å². The molecule has 0 aromatic heterocycles. The summed E-state index contributed by atoms with van der Waals surface area (Å²) in [6.45, 7) is 3.11. The Bertz CT molecular complexity index is 1010. The van der Waals surface area contributed by atoms with E-state index in [2.05, 4.69) is 4.90 Å². The summed E-state index contributed by atoms with van der Waals surface area (Å²) in [7, 11) is 0.509. The van der Waals surface area contributed by atoms with Gasteiger partial charge in [-0.3, -0.25) is 4.79 Å². The molecule has 0 unspecified atom stereocenters. The van der Waals surface area contributed by atoms with Crippen LogP contribution in [0.5, 0.6) is 0 Å². The smallest absolute Gasteiger partial charge is 0.246 e. The maximum absolute atomic E-state index is 13.0. The van der Waals surface area contributed by atoms with Crippen LogP contribution >= 0.6 is 0 Å². The molecule has 0 aliphatic carbocycles. The van der Waals surface area contributed by atoms with Crippen LogP contribution in [0, 0.1) is 0 Å². The molecule has 2 aromatic rings. The van der Waals surface area contributed by atoms with Crippen LogP contribution in [-0.4, -0.2) is 68.7 Å². The van der Waals surface area contributed by atoms with E-state index in [4.69, 9.17) is 0 Å². The van der Waals surface area contributed by atoms with Gasteiger partial charge in [-0.2, -0.15) is 4.31 Å². The molecule has 2 aromatic carbocycles. The second-order valence-corrected chi connectivity index (χ2v) is 10.7. The molecule has 0 bridgehead atoms. The van der Waals surface area contributed by atoms with Crippen molar-refractivity contribution in [3.05, 3.63) is 71.8 Å². The number of likely N-dealkylation sites (N-methyl/N-ethyl adjacent to an activating group) is 1. The Labute approximate surface area is 198 Å². The van der Waals surface area contributed by atoms with Gasteiger partial charge >= 0.3 is 0 Å². The molecule has 1 amide bonds. The lowest BCUT2D eigenvalue weighted by Gasteiger charge is -2.23. The predicted octanol–water partition coefficient (Wildman–Crippen LogP) is 3.85. The number of hydrogen-bond acceptors (Lipinski definition) is 4. The van der Waals surface area contributed by atoms with E-state index in [1.165, 1.54) is 0 Å². The highest BCUT2D eigenvalue weighted by atomic mass is 32.2. The van der Waals surface area contributed by atoms with Crippen LogP contribution in [0.25, 0.3) is 6.08 Å². The molecule has 178 valence electrons. The molecule has 1 heterocycles. The molecule has 6 nitrogen and oxygen atoms in total. The summed E-state index contributed by atoms with van der Waals surface area (Å²) in [5, 5.41) is 0. The SMILES string of the molecule is CN(C)CCN(Cc1ccccc1)C(=O)/C=C/c1ccc(S(=O)(=O)N2CCCCCC2)cc1. The second kappa shape index (κ2) is 12.1. The van der Waals surface area contributed by atoms with Crippen LogP contribution in [0.2, 0.25) is 0 Å². The molecule has 1 aliphatic heterocycles. The van der Waals surface area contributed by atoms with Gasteiger partial charge in [-0.25, -0.2) is 8.42 Å². The minimum atomic E-state index is -3.47. The van der Waals surface area contributed by atoms with Gasteiger partial charge in [-0.05, 0) is 56.3 Å². The van der Waals surface area contributed by atoms with Gasteiger partial charge in [0.05, 0.1) is 4.90 Å². The van der Waals surface area contributed by atoms with E-state index in [-0.39, 0.29) is 5.91 Å². The number of nitrogens with zero attached hydrogens (tertiary/aromatic N) is 3. The quantitative estimate of drug-likeness (QED) is 0.524. The Morgan fingerprint density at radius 2 is 1.55 bits per heavy atom. The number of benzene rings is 2. The minimum Gasteiger partial charge on any atom is -0.334 e. The molecule has 3 rings (SSSR count). The average molecular weight is 470 g/mol. The lowest BCUT2D eigenvalue weighted by atomic mass is 10.2. The highest BCUT2D eigenvalue weighted by molar-refractivity contribution is 7.89. The van der Waals surface area contributed by atoms with Crippen LogP contribution < -0.4 is 0 Å². The molecule has 1 saturated heterocycles. The Kier molecular flexibility index (Phi) is 9.23. The van der Waals surface area contributed by atoms with Gasteiger partial charge in [0.1, 0.15) is 0 Å². The second-order valence-electron chi connectivity index (χ2n) is 8.77. The number of carbonyl (C=O) groups excluding carboxylic acids is 1. The first-order valence-electron chi connectivity index (χ1n) is 11.6. The Morgan fingerprint density at radius 3 is 2.15 bits per heavy atom. The van der Waals surface area contributed by atoms with Gasteiger partial charge in [0.25, 0.3) is 0 Å². The normalized spacial score (nSPS) is 15.6. The third-order valence-corrected chi connectivity index (χ3v) is 7.76. The molecule has 0 atom stereocenters. The highest BCUT2D eigenvalue weighted by Gasteiger charge is 2.24. The van der Waals surface area contributed by atoms with Crippen molar-refractivity contribution in [3.8, 4) is 0 Å². The van der Waals surface area contributed by atoms with Gasteiger partial charge in [0.15, 0.2) is 0 Å². The number of amides is 1. The molecule has 0 spiro atoms. The van der Waals surface area contributed by atoms with Crippen molar-refractivity contribution >= 4 is 22.0 Å². The molecule has 0 N–H and O–H groups in total. The van der Waals surface area contributed by atoms with Crippen molar-refractivity contribution in [3.63, 3.8) is 0 Å². The summed E-state index contributed by atoms with van der Waals surface area (Å²) in [4.78, 5) is 17.1. The van der Waals surface area contributed by atoms with Crippen LogP contribution in [0.15, 0.2) is 65.6 Å². The van der Waals surface area contributed by atoms with Gasteiger partial charge in [0.2, 0.25) is 15.9 Å². The Hall–Kier alpha value is -2.48. The van der Waals surface area contributed by atoms with Crippen LogP contribution in [0.1, 0.15) is 36.8 Å². The van der Waals surface area contributed by atoms with Gasteiger partial charge < -0.3 is 9.80 Å². The van der Waals surface area contributed by atoms with E-state index >= 15 is 0 Å². The molecule has 1 aliphatic rings. The number of carbonyl (C=O) groups is 1. The van der Waals surface area contributed by atoms with Crippen molar-refractivity contribution in [2.75, 3.05) is 40.3 Å². The van der Waals surface area contributed by atoms with E-state index in [1.807, 2.05) is 49.3 Å². The lowest BCUT2D eigenvalue weighted by molar-refractivity contribution is -0.126. The Balaban J connectivity index is 1.68. The van der Waals surface area contributed by atoms with Crippen molar-refractivity contribution in [1.29, 1.82) is 0 Å². The van der Waals surface area contributed by atoms with Crippen LogP contribution in [0.3, 0.4) is 0 Å². The summed E-state index contributed by atoms with van der Waals surface area (Å²) in [5.74, 6) is -0.0676. The zero-order valence-corrected chi connectivity index (χ0v) is 20.5. The summed E-state index contributed by atoms with van der Waals surface area (Å²) in [6.07, 6.45) is 7.30. The summed E-state index contributed by atoms with van der Waals surface area (Å²) in [5.41, 5.74) is 1.88. The molecule has 0 saturated carbocycles. The van der Waals surface area contributed by atoms with Crippen molar-refractivity contribution in [1.82, 2.24) is 14.1 Å². The predicted molar refractivity (Wildman–Crippen MR) is 133 cm³/mol. The molecular weight excluding hydrogens is 434 g/mol. The summed E-state index contributed by atoms with van der Waals surface area (Å²) in [6, 6.07) is 16.7. The highest BCUT2D eigenvalue weighted by Crippen LogP contribution is 2.21. The van der Waals surface area contributed by atoms with Crippen molar-refractivity contribution in [2.45, 2.75) is 37.1 Å². The molecule has 7 heteroatoms. The Morgan fingerprint density at radius 1 is 0.909 bits per heavy atom. The molecule has 1 fully saturated rings. The van der Waals surface area contributed by atoms with Crippen molar-refractivity contribution < 1.29 is 13.2 Å². The van der Waals surface area contributed by atoms with Gasteiger partial charge in [0, 0.05) is 38.8 Å². The van der Waals surface area contributed by atoms with E-state index in [0.29, 0.717) is 31.1 Å². The first-order valence-corrected chi connectivity index (χ1v) is 13.1. The van der Waals surface area contributed by atoms with E-state index in [9.17, 15) is 13.2 Å². The molecular formula is C26H35N3O3S. The van der Waals surface area contributed by atoms with E-state index in [0.717, 1.165) is 43.4 Å². The summed E-state index contributed by atoms with van der Waals surface area (Å²) >= 11 is 0. The number of rotatable bonds is 9. The number of sulfonamides is 1. The number of hydrogen-bond donors (Lipinski definition) is 0. The maximum atomic E-state index is 13.0. The fourth-order valence-electron chi connectivity index (χ4n) is 3.85. The first-order chi connectivity index (χ1) is 15.9. The molecule has 33 heavy (non-hydrogen) atoms. The fraction of sp³-hybridized carbons (Fsp3) is 0.423. The topological polar surface area (TPSA) is 60.9 Å².